The van der Waals surface area contributed by atoms with E-state index >= 15 is 0 Å². The van der Waals surface area contributed by atoms with Gasteiger partial charge in [-0.15, -0.1) is 0 Å². The predicted molar refractivity (Wildman–Crippen MR) is 111 cm³/mol. The molecule has 7 heteroatoms. The molecule has 1 aromatic heterocycles. The number of pyridine rings is 1. The molecule has 0 saturated carbocycles. The van der Waals surface area contributed by atoms with Crippen molar-refractivity contribution in [3.8, 4) is 11.9 Å². The zero-order valence-electron chi connectivity index (χ0n) is 15.9. The van der Waals surface area contributed by atoms with Gasteiger partial charge in [0, 0.05) is 43.3 Å². The third-order valence-corrected chi connectivity index (χ3v) is 4.45. The van der Waals surface area contributed by atoms with Crippen LogP contribution in [0.15, 0.2) is 47.7 Å². The van der Waals surface area contributed by atoms with Crippen LogP contribution in [0.4, 0.5) is 5.69 Å². The van der Waals surface area contributed by atoms with E-state index in [0.29, 0.717) is 24.5 Å². The van der Waals surface area contributed by atoms with E-state index in [1.54, 1.807) is 19.5 Å². The van der Waals surface area contributed by atoms with Crippen LogP contribution in [-0.2, 0) is 6.42 Å². The van der Waals surface area contributed by atoms with E-state index in [1.807, 2.05) is 30.3 Å². The molecule has 3 rings (SSSR count). The number of nitrogens with two attached hydrogens (primary N) is 1. The molecule has 2 heterocycles. The molecule has 0 radical (unpaired) electrons. The Morgan fingerprint density at radius 3 is 3.18 bits per heavy atom. The Kier molecular flexibility index (Phi) is 6.60. The standard InChI is InChI=1S/C21H24N6O/c1-24-11-18(10-23)17-8-20-21(27-12-17)28-19(14-26-20)13-25-6-5-15-3-2-4-16(7-15)9-22/h2-4,7-8,10-12,19,25-26H,5-6,13-14,23H2,1H3/b18-10+,24-11?. The van der Waals surface area contributed by atoms with Crippen LogP contribution in [0, 0.1) is 11.3 Å². The van der Waals surface area contributed by atoms with E-state index in [4.69, 9.17) is 15.7 Å². The molecule has 7 nitrogen and oxygen atoms in total. The summed E-state index contributed by atoms with van der Waals surface area (Å²) in [6.07, 6.45) is 5.81. The average Bonchev–Trinajstić information content (AvgIpc) is 2.74. The number of aliphatic imine (C=N–C) groups is 1. The maximum absolute atomic E-state index is 8.96. The highest BCUT2D eigenvalue weighted by atomic mass is 16.5. The fourth-order valence-corrected chi connectivity index (χ4v) is 3.01. The molecule has 1 aliphatic rings. The van der Waals surface area contributed by atoms with E-state index in [-0.39, 0.29) is 6.10 Å². The Labute approximate surface area is 165 Å². The normalized spacial score (nSPS) is 16.1. The van der Waals surface area contributed by atoms with Crippen molar-refractivity contribution < 1.29 is 4.74 Å². The van der Waals surface area contributed by atoms with Gasteiger partial charge in [-0.1, -0.05) is 12.1 Å². The molecule has 4 N–H and O–H groups in total. The number of ether oxygens (including phenoxy) is 1. The van der Waals surface area contributed by atoms with Crippen LogP contribution in [-0.4, -0.2) is 44.0 Å². The van der Waals surface area contributed by atoms with Crippen molar-refractivity contribution in [1.82, 2.24) is 10.3 Å². The molecule has 0 saturated heterocycles. The number of aromatic nitrogens is 1. The number of nitriles is 1. The van der Waals surface area contributed by atoms with Gasteiger partial charge in [-0.3, -0.25) is 4.99 Å². The topological polar surface area (TPSA) is 108 Å². The number of rotatable bonds is 7. The van der Waals surface area contributed by atoms with Gasteiger partial charge in [-0.2, -0.15) is 5.26 Å². The number of hydrogen-bond donors (Lipinski definition) is 3. The molecule has 0 amide bonds. The molecule has 28 heavy (non-hydrogen) atoms. The molecule has 0 fully saturated rings. The van der Waals surface area contributed by atoms with E-state index in [0.717, 1.165) is 35.4 Å². The third-order valence-electron chi connectivity index (χ3n) is 4.45. The van der Waals surface area contributed by atoms with E-state index < -0.39 is 0 Å². The van der Waals surface area contributed by atoms with Crippen LogP contribution in [0.3, 0.4) is 0 Å². The lowest BCUT2D eigenvalue weighted by Gasteiger charge is -2.27. The van der Waals surface area contributed by atoms with Gasteiger partial charge in [-0.25, -0.2) is 4.98 Å². The van der Waals surface area contributed by atoms with Crippen molar-refractivity contribution in [2.45, 2.75) is 12.5 Å². The zero-order valence-corrected chi connectivity index (χ0v) is 15.9. The second-order valence-corrected chi connectivity index (χ2v) is 6.47. The lowest BCUT2D eigenvalue weighted by molar-refractivity contribution is 0.194. The quantitative estimate of drug-likeness (QED) is 0.503. The summed E-state index contributed by atoms with van der Waals surface area (Å²) in [5.41, 5.74) is 10.0. The zero-order chi connectivity index (χ0) is 19.8. The minimum atomic E-state index is -0.00184. The van der Waals surface area contributed by atoms with Crippen LogP contribution in [0.2, 0.25) is 0 Å². The van der Waals surface area contributed by atoms with Crippen LogP contribution in [0.5, 0.6) is 5.88 Å². The summed E-state index contributed by atoms with van der Waals surface area (Å²) in [7, 11) is 1.70. The van der Waals surface area contributed by atoms with Gasteiger partial charge >= 0.3 is 0 Å². The maximum atomic E-state index is 8.96. The maximum Gasteiger partial charge on any atom is 0.237 e. The number of allylic oxidation sites excluding steroid dienone is 1. The first-order valence-corrected chi connectivity index (χ1v) is 9.18. The molecule has 0 aliphatic carbocycles. The first kappa shape index (κ1) is 19.4. The largest absolute Gasteiger partial charge is 0.470 e. The monoisotopic (exact) mass is 376 g/mol. The molecule has 1 aliphatic heterocycles. The second kappa shape index (κ2) is 9.53. The smallest absolute Gasteiger partial charge is 0.237 e. The lowest BCUT2D eigenvalue weighted by Crippen LogP contribution is -2.40. The molecule has 1 atom stereocenters. The minimum absolute atomic E-state index is 0.00184. The summed E-state index contributed by atoms with van der Waals surface area (Å²) in [4.78, 5) is 8.42. The number of nitrogens with zero attached hydrogens (tertiary/aromatic N) is 3. The van der Waals surface area contributed by atoms with Gasteiger partial charge in [0.15, 0.2) is 0 Å². The molecular formula is C21H24N6O. The fourth-order valence-electron chi connectivity index (χ4n) is 3.01. The molecule has 2 aromatic rings. The van der Waals surface area contributed by atoms with Crippen LogP contribution in [0.1, 0.15) is 16.7 Å². The second-order valence-electron chi connectivity index (χ2n) is 6.47. The van der Waals surface area contributed by atoms with Gasteiger partial charge in [0.05, 0.1) is 23.9 Å². The van der Waals surface area contributed by atoms with Crippen molar-refractivity contribution in [1.29, 1.82) is 5.26 Å². The van der Waals surface area contributed by atoms with E-state index in [1.165, 1.54) is 6.20 Å². The third kappa shape index (κ3) is 4.87. The molecule has 144 valence electrons. The highest BCUT2D eigenvalue weighted by Crippen LogP contribution is 2.29. The van der Waals surface area contributed by atoms with Crippen molar-refractivity contribution in [3.05, 3.63) is 59.4 Å². The molecule has 1 aromatic carbocycles. The summed E-state index contributed by atoms with van der Waals surface area (Å²) in [5, 5.41) is 15.7. The molecule has 0 spiro atoms. The summed E-state index contributed by atoms with van der Waals surface area (Å²) in [6.45, 7) is 2.22. The predicted octanol–water partition coefficient (Wildman–Crippen LogP) is 1.96. The minimum Gasteiger partial charge on any atom is -0.470 e. The van der Waals surface area contributed by atoms with E-state index in [2.05, 4.69) is 26.7 Å². The van der Waals surface area contributed by atoms with Crippen molar-refractivity contribution in [3.63, 3.8) is 0 Å². The van der Waals surface area contributed by atoms with Gasteiger partial charge in [0.2, 0.25) is 5.88 Å². The Morgan fingerprint density at radius 2 is 2.39 bits per heavy atom. The van der Waals surface area contributed by atoms with Gasteiger partial charge in [-0.05, 0) is 36.7 Å². The Morgan fingerprint density at radius 1 is 1.50 bits per heavy atom. The van der Waals surface area contributed by atoms with Gasteiger partial charge in [0.1, 0.15) is 6.10 Å². The lowest BCUT2D eigenvalue weighted by atomic mass is 10.1. The van der Waals surface area contributed by atoms with E-state index in [9.17, 15) is 0 Å². The number of anilines is 1. The fraction of sp³-hybridized carbons (Fsp3) is 0.286. The van der Waals surface area contributed by atoms with Crippen molar-refractivity contribution in [2.24, 2.45) is 10.7 Å². The highest BCUT2D eigenvalue weighted by Gasteiger charge is 2.20. The Bertz CT molecular complexity index is 915. The summed E-state index contributed by atoms with van der Waals surface area (Å²) < 4.78 is 5.99. The van der Waals surface area contributed by atoms with Crippen molar-refractivity contribution >= 4 is 17.5 Å². The first-order chi connectivity index (χ1) is 13.7. The van der Waals surface area contributed by atoms with Crippen molar-refractivity contribution in [2.75, 3.05) is 32.0 Å². The SMILES string of the molecule is CN=C/C(=C\N)c1cnc2c(c1)NCC(CNCCc1cccc(C#N)c1)O2. The average molecular weight is 376 g/mol. The Balaban J connectivity index is 1.51. The summed E-state index contributed by atoms with van der Waals surface area (Å²) >= 11 is 0. The number of nitrogens with one attached hydrogen (secondary N) is 2. The molecular weight excluding hydrogens is 352 g/mol. The summed E-state index contributed by atoms with van der Waals surface area (Å²) in [5.74, 6) is 0.591. The van der Waals surface area contributed by atoms with Crippen LogP contribution < -0.4 is 21.1 Å². The number of fused-ring (bicyclic) bond motifs is 1. The number of hydrogen-bond acceptors (Lipinski definition) is 7. The molecule has 0 bridgehead atoms. The first-order valence-electron chi connectivity index (χ1n) is 9.18. The Hall–Kier alpha value is -3.37. The number of benzene rings is 1. The van der Waals surface area contributed by atoms with Gasteiger partial charge in [0.25, 0.3) is 0 Å². The summed E-state index contributed by atoms with van der Waals surface area (Å²) in [6, 6.07) is 11.8. The molecule has 1 unspecified atom stereocenters. The van der Waals surface area contributed by atoms with Crippen LogP contribution in [0.25, 0.3) is 5.57 Å². The van der Waals surface area contributed by atoms with Gasteiger partial charge < -0.3 is 21.1 Å². The van der Waals surface area contributed by atoms with Crippen LogP contribution >= 0.6 is 0 Å². The highest BCUT2D eigenvalue weighted by molar-refractivity contribution is 6.09.